The van der Waals surface area contributed by atoms with Crippen LogP contribution in [0, 0.1) is 22.7 Å². The monoisotopic (exact) mass is 472 g/mol. The number of pyridine rings is 2. The maximum absolute atomic E-state index is 12.4. The minimum Gasteiger partial charge on any atom is -0.491 e. The largest absolute Gasteiger partial charge is 0.491 e. The van der Waals surface area contributed by atoms with Gasteiger partial charge in [-0.05, 0) is 23.6 Å². The Kier molecular flexibility index (Phi) is 6.79. The molecule has 0 aliphatic carbocycles. The van der Waals surface area contributed by atoms with Gasteiger partial charge < -0.3 is 14.5 Å². The van der Waals surface area contributed by atoms with E-state index in [1.165, 1.54) is 0 Å². The number of rotatable bonds is 6. The van der Waals surface area contributed by atoms with Gasteiger partial charge >= 0.3 is 0 Å². The van der Waals surface area contributed by atoms with Gasteiger partial charge in [-0.15, -0.1) is 6.58 Å². The van der Waals surface area contributed by atoms with Crippen LogP contribution in [0.15, 0.2) is 49.4 Å². The third kappa shape index (κ3) is 5.29. The fourth-order valence-electron chi connectivity index (χ4n) is 4.05. The Labute approximate surface area is 206 Å². The molecule has 4 heterocycles. The second kappa shape index (κ2) is 9.79. The number of hydrogen-bond acceptors (Lipinski definition) is 6. The smallest absolute Gasteiger partial charge is 0.229 e. The zero-order chi connectivity index (χ0) is 25.2. The third-order valence-electron chi connectivity index (χ3n) is 6.10. The Balaban J connectivity index is 1.57. The molecule has 1 aliphatic rings. The Morgan fingerprint density at radius 2 is 2.00 bits per heavy atom. The number of piperazine rings is 1. The molecule has 0 radical (unpaired) electrons. The standard InChI is InChI=1S/C27H32N6O2/c1-6-19(2)26(34)32-11-9-31(10-12-32)24-8-7-20(15-29-24)23-13-22(35-18-27(3,4)5)17-33-25(23)21(14-28)16-30-33/h6-8,13,15-17,19H,1,9-12,18H2,2-5H3. The molecule has 35 heavy (non-hydrogen) atoms. The summed E-state index contributed by atoms with van der Waals surface area (Å²) >= 11 is 0. The highest BCUT2D eigenvalue weighted by molar-refractivity contribution is 5.85. The summed E-state index contributed by atoms with van der Waals surface area (Å²) in [5.74, 6) is 1.51. The zero-order valence-corrected chi connectivity index (χ0v) is 20.9. The number of fused-ring (bicyclic) bond motifs is 1. The van der Waals surface area contributed by atoms with Gasteiger partial charge in [0.15, 0.2) is 0 Å². The molecule has 3 aromatic heterocycles. The van der Waals surface area contributed by atoms with E-state index in [1.807, 2.05) is 36.2 Å². The summed E-state index contributed by atoms with van der Waals surface area (Å²) in [5.41, 5.74) is 2.97. The number of carbonyl (C=O) groups excluding carboxylic acids is 1. The first-order valence-electron chi connectivity index (χ1n) is 11.9. The van der Waals surface area contributed by atoms with Crippen molar-refractivity contribution >= 4 is 17.2 Å². The highest BCUT2D eigenvalue weighted by Gasteiger charge is 2.24. The lowest BCUT2D eigenvalue weighted by atomic mass is 9.99. The van der Waals surface area contributed by atoms with Gasteiger partial charge in [0.05, 0.1) is 36.0 Å². The van der Waals surface area contributed by atoms with E-state index in [2.05, 4.69) is 43.4 Å². The molecular formula is C27H32N6O2. The second-order valence-electron chi connectivity index (χ2n) is 10.1. The molecule has 8 nitrogen and oxygen atoms in total. The van der Waals surface area contributed by atoms with E-state index in [-0.39, 0.29) is 17.2 Å². The Morgan fingerprint density at radius 1 is 1.26 bits per heavy atom. The van der Waals surface area contributed by atoms with Crippen molar-refractivity contribution in [3.05, 3.63) is 55.0 Å². The molecule has 1 unspecified atom stereocenters. The van der Waals surface area contributed by atoms with Crippen molar-refractivity contribution in [2.24, 2.45) is 11.3 Å². The van der Waals surface area contributed by atoms with E-state index in [9.17, 15) is 10.1 Å². The van der Waals surface area contributed by atoms with Crippen molar-refractivity contribution in [1.29, 1.82) is 5.26 Å². The van der Waals surface area contributed by atoms with Crippen molar-refractivity contribution in [3.63, 3.8) is 0 Å². The molecule has 1 fully saturated rings. The molecule has 0 N–H and O–H groups in total. The molecular weight excluding hydrogens is 440 g/mol. The molecule has 182 valence electrons. The molecule has 4 rings (SSSR count). The van der Waals surface area contributed by atoms with Gasteiger partial charge in [0.25, 0.3) is 0 Å². The average Bonchev–Trinajstić information content (AvgIpc) is 3.29. The quantitative estimate of drug-likeness (QED) is 0.501. The number of nitriles is 1. The minimum atomic E-state index is -0.166. The molecule has 1 amide bonds. The number of carbonyl (C=O) groups is 1. The van der Waals surface area contributed by atoms with Crippen LogP contribution in [-0.2, 0) is 4.79 Å². The first-order valence-corrected chi connectivity index (χ1v) is 11.9. The lowest BCUT2D eigenvalue weighted by Crippen LogP contribution is -2.50. The number of aromatic nitrogens is 3. The van der Waals surface area contributed by atoms with Crippen molar-refractivity contribution in [3.8, 4) is 22.9 Å². The average molecular weight is 473 g/mol. The molecule has 0 aromatic carbocycles. The predicted molar refractivity (Wildman–Crippen MR) is 136 cm³/mol. The number of amides is 1. The summed E-state index contributed by atoms with van der Waals surface area (Å²) in [6.07, 6.45) is 6.89. The minimum absolute atomic E-state index is 0.0125. The normalized spacial score (nSPS) is 15.1. The first-order chi connectivity index (χ1) is 16.7. The van der Waals surface area contributed by atoms with Crippen molar-refractivity contribution < 1.29 is 9.53 Å². The molecule has 0 saturated carbocycles. The molecule has 8 heteroatoms. The lowest BCUT2D eigenvalue weighted by Gasteiger charge is -2.36. The topological polar surface area (TPSA) is 86.8 Å². The number of nitrogens with zero attached hydrogens (tertiary/aromatic N) is 6. The molecule has 1 atom stereocenters. The number of ether oxygens (including phenoxy) is 1. The predicted octanol–water partition coefficient (Wildman–Crippen LogP) is 4.16. The third-order valence-corrected chi connectivity index (χ3v) is 6.10. The number of hydrogen-bond donors (Lipinski definition) is 0. The molecule has 1 aliphatic heterocycles. The summed E-state index contributed by atoms with van der Waals surface area (Å²) < 4.78 is 7.74. The zero-order valence-electron chi connectivity index (χ0n) is 20.9. The van der Waals surface area contributed by atoms with Crippen molar-refractivity contribution in [2.45, 2.75) is 27.7 Å². The van der Waals surface area contributed by atoms with Crippen LogP contribution >= 0.6 is 0 Å². The summed E-state index contributed by atoms with van der Waals surface area (Å²) in [7, 11) is 0. The van der Waals surface area contributed by atoms with Crippen molar-refractivity contribution in [2.75, 3.05) is 37.7 Å². The van der Waals surface area contributed by atoms with Crippen LogP contribution in [0.3, 0.4) is 0 Å². The van der Waals surface area contributed by atoms with Gasteiger partial charge in [-0.3, -0.25) is 4.79 Å². The Morgan fingerprint density at radius 3 is 2.60 bits per heavy atom. The van der Waals surface area contributed by atoms with E-state index in [4.69, 9.17) is 9.72 Å². The van der Waals surface area contributed by atoms with Crippen LogP contribution in [0.25, 0.3) is 16.6 Å². The van der Waals surface area contributed by atoms with Gasteiger partial charge in [-0.1, -0.05) is 33.8 Å². The SMILES string of the molecule is C=CC(C)C(=O)N1CCN(c2ccc(-c3cc(OCC(C)(C)C)cn4ncc(C#N)c34)cn2)CC1. The van der Waals surface area contributed by atoms with Crippen LogP contribution in [0.4, 0.5) is 5.82 Å². The van der Waals surface area contributed by atoms with Gasteiger partial charge in [-0.25, -0.2) is 9.50 Å². The molecule has 3 aromatic rings. The Hall–Kier alpha value is -3.86. The lowest BCUT2D eigenvalue weighted by molar-refractivity contribution is -0.133. The van der Waals surface area contributed by atoms with Crippen molar-refractivity contribution in [1.82, 2.24) is 19.5 Å². The summed E-state index contributed by atoms with van der Waals surface area (Å²) in [6, 6.07) is 8.18. The van der Waals surface area contributed by atoms with Gasteiger partial charge in [-0.2, -0.15) is 10.4 Å². The molecule has 0 spiro atoms. The highest BCUT2D eigenvalue weighted by Crippen LogP contribution is 2.32. The van der Waals surface area contributed by atoms with Crippen LogP contribution in [0.2, 0.25) is 0 Å². The van der Waals surface area contributed by atoms with E-state index in [0.717, 1.165) is 35.6 Å². The van der Waals surface area contributed by atoms with Gasteiger partial charge in [0.1, 0.15) is 17.6 Å². The second-order valence-corrected chi connectivity index (χ2v) is 10.1. The van der Waals surface area contributed by atoms with Crippen LogP contribution in [-0.4, -0.2) is 58.2 Å². The summed E-state index contributed by atoms with van der Waals surface area (Å²) in [6.45, 7) is 15.3. The number of anilines is 1. The highest BCUT2D eigenvalue weighted by atomic mass is 16.5. The summed E-state index contributed by atoms with van der Waals surface area (Å²) in [4.78, 5) is 21.2. The molecule has 1 saturated heterocycles. The summed E-state index contributed by atoms with van der Waals surface area (Å²) in [5, 5.41) is 14.0. The maximum Gasteiger partial charge on any atom is 0.229 e. The van der Waals surface area contributed by atoms with Crippen LogP contribution in [0.1, 0.15) is 33.3 Å². The fraction of sp³-hybridized carbons (Fsp3) is 0.407. The van der Waals surface area contributed by atoms with Crippen LogP contribution < -0.4 is 9.64 Å². The first kappa shape index (κ1) is 24.3. The van der Waals surface area contributed by atoms with Gasteiger partial charge in [0, 0.05) is 43.5 Å². The maximum atomic E-state index is 12.4. The van der Waals surface area contributed by atoms with Gasteiger partial charge in [0.2, 0.25) is 5.91 Å². The van der Waals surface area contributed by atoms with E-state index in [1.54, 1.807) is 23.0 Å². The Bertz CT molecular complexity index is 1260. The fourth-order valence-corrected chi connectivity index (χ4v) is 4.05. The van der Waals surface area contributed by atoms with E-state index in [0.29, 0.717) is 31.0 Å². The van der Waals surface area contributed by atoms with E-state index >= 15 is 0 Å². The molecule has 0 bridgehead atoms. The van der Waals surface area contributed by atoms with Crippen LogP contribution in [0.5, 0.6) is 5.75 Å². The van der Waals surface area contributed by atoms with E-state index < -0.39 is 0 Å².